The Morgan fingerprint density at radius 2 is 2.16 bits per heavy atom. The predicted molar refractivity (Wildman–Crippen MR) is 75.9 cm³/mol. The highest BCUT2D eigenvalue weighted by atomic mass is 35.5. The van der Waals surface area contributed by atoms with Crippen LogP contribution in [0.4, 0.5) is 5.82 Å². The lowest BCUT2D eigenvalue weighted by Crippen LogP contribution is -2.28. The lowest BCUT2D eigenvalue weighted by atomic mass is 10.2. The monoisotopic (exact) mass is 303 g/mol. The van der Waals surface area contributed by atoms with Gasteiger partial charge in [0, 0.05) is 18.8 Å². The third-order valence-electron chi connectivity index (χ3n) is 3.28. The summed E-state index contributed by atoms with van der Waals surface area (Å²) in [6.45, 7) is 6.64. The Balaban J connectivity index is 2.19. The summed E-state index contributed by atoms with van der Waals surface area (Å²) in [4.78, 5) is 4.14. The fraction of sp³-hybridized carbons (Fsp3) is 0.583. The molecule has 106 valence electrons. The molecule has 0 saturated heterocycles. The number of pyridine rings is 1. The Morgan fingerprint density at radius 3 is 2.63 bits per heavy atom. The first-order valence-electron chi connectivity index (χ1n) is 6.18. The zero-order chi connectivity index (χ0) is 14.3. The van der Waals surface area contributed by atoms with Crippen LogP contribution >= 0.6 is 11.6 Å². The normalized spacial score (nSPS) is 21.2. The van der Waals surface area contributed by atoms with Crippen molar-refractivity contribution in [2.24, 2.45) is 5.41 Å². The van der Waals surface area contributed by atoms with E-state index in [0.29, 0.717) is 17.4 Å². The van der Waals surface area contributed by atoms with E-state index in [1.54, 1.807) is 0 Å². The van der Waals surface area contributed by atoms with Crippen LogP contribution in [0.2, 0.25) is 5.02 Å². The number of halogens is 1. The number of hydrogen-bond donors (Lipinski definition) is 2. The summed E-state index contributed by atoms with van der Waals surface area (Å²) in [7, 11) is -3.55. The van der Waals surface area contributed by atoms with Gasteiger partial charge in [0.15, 0.2) is 0 Å². The van der Waals surface area contributed by atoms with Gasteiger partial charge in [0.2, 0.25) is 10.0 Å². The van der Waals surface area contributed by atoms with Crippen LogP contribution < -0.4 is 10.0 Å². The van der Waals surface area contributed by atoms with Gasteiger partial charge >= 0.3 is 0 Å². The second-order valence-electron chi connectivity index (χ2n) is 5.40. The van der Waals surface area contributed by atoms with Crippen LogP contribution in [-0.4, -0.2) is 26.0 Å². The third kappa shape index (κ3) is 3.19. The molecule has 1 aromatic heterocycles. The maximum Gasteiger partial charge on any atom is 0.242 e. The van der Waals surface area contributed by atoms with Gasteiger partial charge in [0.1, 0.15) is 10.7 Å². The summed E-state index contributed by atoms with van der Waals surface area (Å²) < 4.78 is 27.0. The Kier molecular flexibility index (Phi) is 3.77. The molecule has 1 fully saturated rings. The minimum Gasteiger partial charge on any atom is -0.369 e. The predicted octanol–water partition coefficient (Wildman–Crippen LogP) is 2.24. The van der Waals surface area contributed by atoms with Gasteiger partial charge in [-0.3, -0.25) is 0 Å². The van der Waals surface area contributed by atoms with Crippen molar-refractivity contribution in [3.63, 3.8) is 0 Å². The first-order valence-corrected chi connectivity index (χ1v) is 8.04. The average Bonchev–Trinajstić information content (AvgIpc) is 2.88. The van der Waals surface area contributed by atoms with Gasteiger partial charge in [-0.2, -0.15) is 0 Å². The molecule has 1 aliphatic rings. The molecule has 1 heterocycles. The van der Waals surface area contributed by atoms with E-state index in [0.717, 1.165) is 6.42 Å². The molecule has 0 aliphatic heterocycles. The van der Waals surface area contributed by atoms with Crippen molar-refractivity contribution in [3.05, 3.63) is 17.3 Å². The molecule has 5 nitrogen and oxygen atoms in total. The van der Waals surface area contributed by atoms with Crippen LogP contribution in [0.3, 0.4) is 0 Å². The van der Waals surface area contributed by atoms with E-state index in [9.17, 15) is 8.42 Å². The van der Waals surface area contributed by atoms with Crippen LogP contribution in [0, 0.1) is 5.41 Å². The van der Waals surface area contributed by atoms with E-state index in [1.807, 2.05) is 20.8 Å². The van der Waals surface area contributed by atoms with Crippen molar-refractivity contribution in [1.82, 2.24) is 9.71 Å². The van der Waals surface area contributed by atoms with Crippen molar-refractivity contribution in [2.75, 3.05) is 11.9 Å². The van der Waals surface area contributed by atoms with E-state index in [1.165, 1.54) is 12.3 Å². The van der Waals surface area contributed by atoms with Crippen molar-refractivity contribution in [3.8, 4) is 0 Å². The number of hydrogen-bond acceptors (Lipinski definition) is 4. The molecule has 0 bridgehead atoms. The number of anilines is 1. The largest absolute Gasteiger partial charge is 0.369 e. The third-order valence-corrected chi connectivity index (χ3v) is 5.01. The molecule has 1 atom stereocenters. The molecule has 1 aromatic rings. The highest BCUT2D eigenvalue weighted by Crippen LogP contribution is 2.45. The second-order valence-corrected chi connectivity index (χ2v) is 7.52. The molecule has 1 unspecified atom stereocenters. The summed E-state index contributed by atoms with van der Waals surface area (Å²) in [5, 5.41) is 3.27. The smallest absolute Gasteiger partial charge is 0.242 e. The first kappa shape index (κ1) is 14.6. The van der Waals surface area contributed by atoms with Gasteiger partial charge in [-0.05, 0) is 24.8 Å². The Hall–Kier alpha value is -0.850. The molecule has 0 amide bonds. The Bertz CT molecular complexity index is 587. The Labute approximate surface area is 118 Å². The van der Waals surface area contributed by atoms with Gasteiger partial charge in [0.25, 0.3) is 0 Å². The van der Waals surface area contributed by atoms with Gasteiger partial charge in [-0.15, -0.1) is 0 Å². The van der Waals surface area contributed by atoms with Crippen LogP contribution in [0.15, 0.2) is 17.2 Å². The molecule has 2 rings (SSSR count). The molecule has 0 radical (unpaired) electrons. The highest BCUT2D eigenvalue weighted by molar-refractivity contribution is 7.89. The Morgan fingerprint density at radius 1 is 1.53 bits per heavy atom. The van der Waals surface area contributed by atoms with Gasteiger partial charge in [0.05, 0.1) is 5.02 Å². The van der Waals surface area contributed by atoms with Crippen molar-refractivity contribution in [2.45, 2.75) is 38.1 Å². The van der Waals surface area contributed by atoms with E-state index in [2.05, 4.69) is 15.0 Å². The molecule has 1 aliphatic carbocycles. The molecule has 19 heavy (non-hydrogen) atoms. The molecule has 1 saturated carbocycles. The molecule has 0 aromatic carbocycles. The number of aromatic nitrogens is 1. The zero-order valence-electron chi connectivity index (χ0n) is 11.2. The fourth-order valence-electron chi connectivity index (χ4n) is 1.79. The summed E-state index contributed by atoms with van der Waals surface area (Å²) in [6, 6.07) is 1.41. The standard InChI is InChI=1S/C12H18ClN3O2S/c1-4-14-11-9(13)5-8(7-15-11)19(17,18)16-10-6-12(10,2)3/h5,7,10,16H,4,6H2,1-3H3,(H,14,15). The fourth-order valence-corrected chi connectivity index (χ4v) is 3.46. The second kappa shape index (κ2) is 4.92. The highest BCUT2D eigenvalue weighted by Gasteiger charge is 2.47. The molecule has 2 N–H and O–H groups in total. The lowest BCUT2D eigenvalue weighted by molar-refractivity contribution is 0.554. The van der Waals surface area contributed by atoms with E-state index in [-0.39, 0.29) is 16.4 Å². The van der Waals surface area contributed by atoms with Gasteiger partial charge in [-0.25, -0.2) is 18.1 Å². The summed E-state index contributed by atoms with van der Waals surface area (Å²) >= 11 is 6.01. The SMILES string of the molecule is CCNc1ncc(S(=O)(=O)NC2CC2(C)C)cc1Cl. The van der Waals surface area contributed by atoms with Crippen molar-refractivity contribution < 1.29 is 8.42 Å². The molecule has 7 heteroatoms. The van der Waals surface area contributed by atoms with E-state index < -0.39 is 10.0 Å². The van der Waals surface area contributed by atoms with Crippen LogP contribution in [0.25, 0.3) is 0 Å². The summed E-state index contributed by atoms with van der Waals surface area (Å²) in [5.41, 5.74) is 0.0357. The maximum atomic E-state index is 12.2. The first-order chi connectivity index (χ1) is 8.76. The average molecular weight is 304 g/mol. The molecule has 0 spiro atoms. The topological polar surface area (TPSA) is 71.1 Å². The van der Waals surface area contributed by atoms with Crippen LogP contribution in [0.5, 0.6) is 0 Å². The maximum absolute atomic E-state index is 12.2. The lowest BCUT2D eigenvalue weighted by Gasteiger charge is -2.10. The zero-order valence-corrected chi connectivity index (χ0v) is 12.8. The minimum atomic E-state index is -3.55. The molecular weight excluding hydrogens is 286 g/mol. The van der Waals surface area contributed by atoms with Crippen LogP contribution in [-0.2, 0) is 10.0 Å². The summed E-state index contributed by atoms with van der Waals surface area (Å²) in [5.74, 6) is 0.495. The quantitative estimate of drug-likeness (QED) is 0.875. The number of rotatable bonds is 5. The van der Waals surface area contributed by atoms with Gasteiger partial charge < -0.3 is 5.32 Å². The number of nitrogens with zero attached hydrogens (tertiary/aromatic N) is 1. The molecular formula is C12H18ClN3O2S. The van der Waals surface area contributed by atoms with Crippen molar-refractivity contribution in [1.29, 1.82) is 0 Å². The minimum absolute atomic E-state index is 0.00952. The van der Waals surface area contributed by atoms with Crippen LogP contribution in [0.1, 0.15) is 27.2 Å². The summed E-state index contributed by atoms with van der Waals surface area (Å²) in [6.07, 6.45) is 2.17. The van der Waals surface area contributed by atoms with E-state index in [4.69, 9.17) is 11.6 Å². The number of sulfonamides is 1. The van der Waals surface area contributed by atoms with Gasteiger partial charge in [-0.1, -0.05) is 25.4 Å². The number of nitrogens with one attached hydrogen (secondary N) is 2. The van der Waals surface area contributed by atoms with Crippen molar-refractivity contribution >= 4 is 27.4 Å². The van der Waals surface area contributed by atoms with E-state index >= 15 is 0 Å².